The Hall–Kier alpha value is -1.88. The van der Waals surface area contributed by atoms with Gasteiger partial charge in [-0.05, 0) is 18.9 Å². The van der Waals surface area contributed by atoms with E-state index in [1.54, 1.807) is 38.1 Å². The number of carboxylic acids is 1. The van der Waals surface area contributed by atoms with Crippen molar-refractivity contribution in [2.75, 3.05) is 0 Å². The third-order valence-electron chi connectivity index (χ3n) is 2.86. The number of nitrogens with one attached hydrogen (secondary N) is 1. The summed E-state index contributed by atoms with van der Waals surface area (Å²) in [5.41, 5.74) is 5.38. The highest BCUT2D eigenvalue weighted by Gasteiger charge is 2.32. The minimum atomic E-state index is -1.25. The maximum Gasteiger partial charge on any atom is 0.326 e. The van der Waals surface area contributed by atoms with Gasteiger partial charge in [-0.3, -0.25) is 4.79 Å². The van der Waals surface area contributed by atoms with Gasteiger partial charge in [0, 0.05) is 0 Å². The van der Waals surface area contributed by atoms with Crippen LogP contribution in [0.4, 0.5) is 0 Å². The Balaban J connectivity index is 2.86. The molecule has 0 heterocycles. The van der Waals surface area contributed by atoms with Crippen LogP contribution in [0.1, 0.15) is 25.8 Å². The van der Waals surface area contributed by atoms with Gasteiger partial charge in [0.05, 0.1) is 0 Å². The van der Waals surface area contributed by atoms with Crippen LogP contribution in [-0.2, 0) is 15.1 Å². The Kier molecular flexibility index (Phi) is 4.44. The Morgan fingerprint density at radius 2 is 1.94 bits per heavy atom. The largest absolute Gasteiger partial charge is 0.480 e. The van der Waals surface area contributed by atoms with Crippen molar-refractivity contribution in [3.8, 4) is 0 Å². The van der Waals surface area contributed by atoms with Crippen molar-refractivity contribution >= 4 is 11.9 Å². The van der Waals surface area contributed by atoms with Gasteiger partial charge in [0.25, 0.3) is 0 Å². The van der Waals surface area contributed by atoms with Gasteiger partial charge >= 0.3 is 5.97 Å². The van der Waals surface area contributed by atoms with Gasteiger partial charge in [0.1, 0.15) is 11.6 Å². The van der Waals surface area contributed by atoms with Crippen LogP contribution in [0.2, 0.25) is 0 Å². The number of carbonyl (C=O) groups excluding carboxylic acids is 1. The molecule has 0 aromatic heterocycles. The first-order valence-corrected chi connectivity index (χ1v) is 5.77. The molecule has 0 aliphatic rings. The van der Waals surface area contributed by atoms with Gasteiger partial charge in [0.2, 0.25) is 5.91 Å². The number of amides is 1. The average molecular weight is 250 g/mol. The highest BCUT2D eigenvalue weighted by atomic mass is 16.4. The Morgan fingerprint density at radius 1 is 1.39 bits per heavy atom. The number of nitrogens with two attached hydrogens (primary N) is 1. The van der Waals surface area contributed by atoms with Crippen LogP contribution in [0, 0.1) is 0 Å². The molecule has 0 aliphatic carbocycles. The molecule has 0 fully saturated rings. The maximum atomic E-state index is 12.0. The van der Waals surface area contributed by atoms with E-state index in [4.69, 9.17) is 10.8 Å². The molecule has 0 saturated carbocycles. The second kappa shape index (κ2) is 5.64. The van der Waals surface area contributed by atoms with Gasteiger partial charge in [0.15, 0.2) is 0 Å². The fraction of sp³-hybridized carbons (Fsp3) is 0.385. The number of carbonyl (C=O) groups is 2. The first-order chi connectivity index (χ1) is 8.39. The molecule has 0 spiro atoms. The predicted molar refractivity (Wildman–Crippen MR) is 67.8 cm³/mol. The summed E-state index contributed by atoms with van der Waals surface area (Å²) < 4.78 is 0. The minimum Gasteiger partial charge on any atom is -0.480 e. The molecule has 0 radical (unpaired) electrons. The van der Waals surface area contributed by atoms with Gasteiger partial charge in [-0.15, -0.1) is 0 Å². The Bertz CT molecular complexity index is 429. The first kappa shape index (κ1) is 14.2. The van der Waals surface area contributed by atoms with E-state index in [1.807, 2.05) is 6.07 Å². The standard InChI is InChI=1S/C13H18N2O3/c1-3-10(11(16)17)15-12(18)13(2,14)9-7-5-4-6-8-9/h4-8,10H,3,14H2,1-2H3,(H,15,18)(H,16,17)/t10-,13?/m1/s1. The molecule has 4 N–H and O–H groups in total. The lowest BCUT2D eigenvalue weighted by Crippen LogP contribution is -2.53. The molecule has 18 heavy (non-hydrogen) atoms. The van der Waals surface area contributed by atoms with Crippen LogP contribution < -0.4 is 11.1 Å². The number of hydrogen-bond donors (Lipinski definition) is 3. The SMILES string of the molecule is CC[C@@H](NC(=O)C(C)(N)c1ccccc1)C(=O)O. The lowest BCUT2D eigenvalue weighted by molar-refractivity contribution is -0.142. The van der Waals surface area contributed by atoms with Crippen molar-refractivity contribution in [2.24, 2.45) is 5.73 Å². The fourth-order valence-electron chi connectivity index (χ4n) is 1.56. The summed E-state index contributed by atoms with van der Waals surface area (Å²) in [4.78, 5) is 22.9. The average Bonchev–Trinajstić information content (AvgIpc) is 2.36. The van der Waals surface area contributed by atoms with Crippen molar-refractivity contribution in [2.45, 2.75) is 31.8 Å². The quantitative estimate of drug-likeness (QED) is 0.722. The lowest BCUT2D eigenvalue weighted by Gasteiger charge is -2.26. The topological polar surface area (TPSA) is 92.4 Å². The zero-order valence-corrected chi connectivity index (χ0v) is 10.5. The Morgan fingerprint density at radius 3 is 2.39 bits per heavy atom. The van der Waals surface area contributed by atoms with E-state index < -0.39 is 23.5 Å². The summed E-state index contributed by atoms with van der Waals surface area (Å²) >= 11 is 0. The van der Waals surface area contributed by atoms with E-state index in [0.717, 1.165) is 0 Å². The lowest BCUT2D eigenvalue weighted by atomic mass is 9.92. The van der Waals surface area contributed by atoms with Crippen molar-refractivity contribution in [1.82, 2.24) is 5.32 Å². The van der Waals surface area contributed by atoms with Gasteiger partial charge < -0.3 is 16.2 Å². The molecule has 5 nitrogen and oxygen atoms in total. The van der Waals surface area contributed by atoms with Crippen LogP contribution in [0.3, 0.4) is 0 Å². The molecule has 1 aromatic carbocycles. The summed E-state index contributed by atoms with van der Waals surface area (Å²) in [6.07, 6.45) is 0.311. The van der Waals surface area contributed by atoms with Crippen LogP contribution in [0.5, 0.6) is 0 Å². The van der Waals surface area contributed by atoms with Gasteiger partial charge in [-0.2, -0.15) is 0 Å². The van der Waals surface area contributed by atoms with Crippen molar-refractivity contribution in [1.29, 1.82) is 0 Å². The van der Waals surface area contributed by atoms with E-state index in [0.29, 0.717) is 12.0 Å². The first-order valence-electron chi connectivity index (χ1n) is 5.77. The summed E-state index contributed by atoms with van der Waals surface area (Å²) in [6.45, 7) is 3.25. The molecular formula is C13H18N2O3. The zero-order chi connectivity index (χ0) is 13.8. The van der Waals surface area contributed by atoms with Crippen LogP contribution in [-0.4, -0.2) is 23.0 Å². The number of benzene rings is 1. The highest BCUT2D eigenvalue weighted by Crippen LogP contribution is 2.17. The number of carboxylic acid groups (broad SMARTS) is 1. The van der Waals surface area contributed by atoms with E-state index in [1.165, 1.54) is 0 Å². The summed E-state index contributed by atoms with van der Waals surface area (Å²) in [6, 6.07) is 7.94. The van der Waals surface area contributed by atoms with E-state index in [2.05, 4.69) is 5.32 Å². The third-order valence-corrected chi connectivity index (χ3v) is 2.86. The molecule has 5 heteroatoms. The maximum absolute atomic E-state index is 12.0. The molecule has 1 unspecified atom stereocenters. The number of aliphatic carboxylic acids is 1. The number of rotatable bonds is 5. The second-order valence-electron chi connectivity index (χ2n) is 4.34. The molecule has 1 rings (SSSR count). The van der Waals surface area contributed by atoms with E-state index >= 15 is 0 Å². The van der Waals surface area contributed by atoms with Crippen LogP contribution in [0.15, 0.2) is 30.3 Å². The van der Waals surface area contributed by atoms with Gasteiger partial charge in [-0.25, -0.2) is 4.79 Å². The molecular weight excluding hydrogens is 232 g/mol. The monoisotopic (exact) mass is 250 g/mol. The van der Waals surface area contributed by atoms with Crippen LogP contribution >= 0.6 is 0 Å². The van der Waals surface area contributed by atoms with E-state index in [9.17, 15) is 9.59 Å². The Labute approximate surface area is 106 Å². The second-order valence-corrected chi connectivity index (χ2v) is 4.34. The highest BCUT2D eigenvalue weighted by molar-refractivity contribution is 5.90. The van der Waals surface area contributed by atoms with E-state index in [-0.39, 0.29) is 0 Å². The fourth-order valence-corrected chi connectivity index (χ4v) is 1.56. The molecule has 0 aliphatic heterocycles. The summed E-state index contributed by atoms with van der Waals surface area (Å²) in [5, 5.41) is 11.3. The number of hydrogen-bond acceptors (Lipinski definition) is 3. The van der Waals surface area contributed by atoms with Crippen molar-refractivity contribution in [3.63, 3.8) is 0 Å². The van der Waals surface area contributed by atoms with Crippen LogP contribution in [0.25, 0.3) is 0 Å². The summed E-state index contributed by atoms with van der Waals surface area (Å²) in [5.74, 6) is -1.56. The minimum absolute atomic E-state index is 0.311. The molecule has 0 saturated heterocycles. The molecule has 2 atom stereocenters. The molecule has 1 aromatic rings. The zero-order valence-electron chi connectivity index (χ0n) is 10.5. The molecule has 0 bridgehead atoms. The third kappa shape index (κ3) is 3.07. The summed E-state index contributed by atoms with van der Waals surface area (Å²) in [7, 11) is 0. The van der Waals surface area contributed by atoms with Gasteiger partial charge in [-0.1, -0.05) is 37.3 Å². The smallest absolute Gasteiger partial charge is 0.326 e. The van der Waals surface area contributed by atoms with Crippen molar-refractivity contribution < 1.29 is 14.7 Å². The normalized spacial score (nSPS) is 15.5. The molecule has 1 amide bonds. The van der Waals surface area contributed by atoms with Crippen molar-refractivity contribution in [3.05, 3.63) is 35.9 Å². The molecule has 98 valence electrons. The predicted octanol–water partition coefficient (Wildman–Crippen LogP) is 0.840.